The van der Waals surface area contributed by atoms with Crippen LogP contribution in [0, 0.1) is 0 Å². The Morgan fingerprint density at radius 3 is 2.23 bits per heavy atom. The van der Waals surface area contributed by atoms with Crippen molar-refractivity contribution in [3.63, 3.8) is 0 Å². The van der Waals surface area contributed by atoms with Crippen molar-refractivity contribution in [3.8, 4) is 0 Å². The summed E-state index contributed by atoms with van der Waals surface area (Å²) in [7, 11) is 0. The number of nitrogens with one attached hydrogen (secondary N) is 1. The third kappa shape index (κ3) is 3.76. The molecule has 2 heterocycles. The first-order chi connectivity index (χ1) is 12.7. The second-order valence-electron chi connectivity index (χ2n) is 6.96. The third-order valence-corrected chi connectivity index (χ3v) is 5.02. The molecule has 1 N–H and O–H groups in total. The van der Waals surface area contributed by atoms with E-state index in [-0.39, 0.29) is 24.3 Å². The first kappa shape index (κ1) is 16.8. The Morgan fingerprint density at radius 2 is 1.62 bits per heavy atom. The minimum absolute atomic E-state index is 0.0186. The number of nitrogens with zero attached hydrogens (tertiary/aromatic N) is 3. The molecule has 0 spiro atoms. The highest BCUT2D eigenvalue weighted by atomic mass is 16.4. The Morgan fingerprint density at radius 1 is 1.00 bits per heavy atom. The number of benzene rings is 1. The summed E-state index contributed by atoms with van der Waals surface area (Å²) >= 11 is 0. The van der Waals surface area contributed by atoms with Crippen LogP contribution in [0.3, 0.4) is 0 Å². The number of carbonyl (C=O) groups is 2. The molecule has 4 rings (SSSR count). The normalized spacial score (nSPS) is 17.9. The zero-order chi connectivity index (χ0) is 17.9. The van der Waals surface area contributed by atoms with Crippen molar-refractivity contribution in [3.05, 3.63) is 47.7 Å². The molecule has 1 saturated heterocycles. The van der Waals surface area contributed by atoms with Crippen LogP contribution < -0.4 is 5.32 Å². The van der Waals surface area contributed by atoms with E-state index in [4.69, 9.17) is 4.42 Å². The van der Waals surface area contributed by atoms with Gasteiger partial charge in [-0.25, -0.2) is 0 Å². The number of piperidine rings is 1. The fraction of sp³-hybridized carbons (Fsp3) is 0.474. The van der Waals surface area contributed by atoms with Crippen LogP contribution in [0.2, 0.25) is 0 Å². The lowest BCUT2D eigenvalue weighted by Crippen LogP contribution is -2.43. The van der Waals surface area contributed by atoms with E-state index in [0.717, 1.165) is 31.6 Å². The van der Waals surface area contributed by atoms with Crippen molar-refractivity contribution >= 4 is 11.8 Å². The largest absolute Gasteiger partial charge is 0.425 e. The molecule has 0 unspecified atom stereocenters. The van der Waals surface area contributed by atoms with Crippen molar-refractivity contribution in [1.29, 1.82) is 0 Å². The van der Waals surface area contributed by atoms with E-state index < -0.39 is 0 Å². The smallest absolute Gasteiger partial charge is 0.251 e. The number of rotatable bonds is 5. The van der Waals surface area contributed by atoms with E-state index >= 15 is 0 Å². The first-order valence-electron chi connectivity index (χ1n) is 9.15. The van der Waals surface area contributed by atoms with Crippen LogP contribution in [-0.4, -0.2) is 46.5 Å². The van der Waals surface area contributed by atoms with Gasteiger partial charge in [-0.3, -0.25) is 9.59 Å². The van der Waals surface area contributed by atoms with E-state index in [1.54, 1.807) is 29.2 Å². The van der Waals surface area contributed by atoms with Crippen molar-refractivity contribution < 1.29 is 14.0 Å². The van der Waals surface area contributed by atoms with Gasteiger partial charge >= 0.3 is 0 Å². The number of hydrogen-bond donors (Lipinski definition) is 1. The molecule has 2 aromatic rings. The maximum absolute atomic E-state index is 12.3. The monoisotopic (exact) mass is 354 g/mol. The molecule has 7 heteroatoms. The molecule has 1 saturated carbocycles. The second kappa shape index (κ2) is 7.27. The van der Waals surface area contributed by atoms with Gasteiger partial charge in [-0.2, -0.15) is 0 Å². The van der Waals surface area contributed by atoms with Crippen molar-refractivity contribution in [2.45, 2.75) is 37.5 Å². The van der Waals surface area contributed by atoms with Crippen LogP contribution in [0.5, 0.6) is 0 Å². The summed E-state index contributed by atoms with van der Waals surface area (Å²) in [5, 5.41) is 11.0. The van der Waals surface area contributed by atoms with Gasteiger partial charge in [0.05, 0.1) is 6.54 Å². The Hall–Kier alpha value is -2.70. The van der Waals surface area contributed by atoms with Gasteiger partial charge in [-0.05, 0) is 37.8 Å². The zero-order valence-electron chi connectivity index (χ0n) is 14.6. The van der Waals surface area contributed by atoms with Gasteiger partial charge in [-0.1, -0.05) is 18.2 Å². The molecule has 1 aliphatic carbocycles. The van der Waals surface area contributed by atoms with Crippen LogP contribution in [0.1, 0.15) is 59.7 Å². The number of likely N-dealkylation sites (tertiary alicyclic amines) is 1. The Balaban J connectivity index is 1.24. The summed E-state index contributed by atoms with van der Waals surface area (Å²) in [5.74, 6) is 1.87. The summed E-state index contributed by atoms with van der Waals surface area (Å²) in [6, 6.07) is 8.90. The van der Waals surface area contributed by atoms with Crippen molar-refractivity contribution in [2.24, 2.45) is 0 Å². The van der Waals surface area contributed by atoms with Crippen LogP contribution in [0.25, 0.3) is 0 Å². The zero-order valence-corrected chi connectivity index (χ0v) is 14.6. The first-order valence-corrected chi connectivity index (χ1v) is 9.15. The molecule has 2 amide bonds. The van der Waals surface area contributed by atoms with Crippen LogP contribution in [-0.2, 0) is 4.79 Å². The highest BCUT2D eigenvalue weighted by Gasteiger charge is 2.32. The number of carbonyl (C=O) groups excluding carboxylic acids is 2. The van der Waals surface area contributed by atoms with E-state index in [1.165, 1.54) is 0 Å². The highest BCUT2D eigenvalue weighted by molar-refractivity contribution is 5.96. The fourth-order valence-electron chi connectivity index (χ4n) is 3.24. The van der Waals surface area contributed by atoms with E-state index in [0.29, 0.717) is 30.5 Å². The van der Waals surface area contributed by atoms with E-state index in [1.807, 2.05) is 6.07 Å². The Bertz CT molecular complexity index is 777. The Labute approximate surface area is 151 Å². The second-order valence-corrected chi connectivity index (χ2v) is 6.96. The third-order valence-electron chi connectivity index (χ3n) is 5.02. The average molecular weight is 354 g/mol. The molecule has 0 radical (unpaired) electrons. The summed E-state index contributed by atoms with van der Waals surface area (Å²) in [5.41, 5.74) is 0.557. The van der Waals surface area contributed by atoms with Gasteiger partial charge in [0.2, 0.25) is 17.7 Å². The molecule has 136 valence electrons. The van der Waals surface area contributed by atoms with Crippen LogP contribution in [0.15, 0.2) is 34.7 Å². The van der Waals surface area contributed by atoms with Crippen LogP contribution >= 0.6 is 0 Å². The van der Waals surface area contributed by atoms with E-state index in [2.05, 4.69) is 15.5 Å². The van der Waals surface area contributed by atoms with Gasteiger partial charge < -0.3 is 14.6 Å². The molecule has 7 nitrogen and oxygen atoms in total. The summed E-state index contributed by atoms with van der Waals surface area (Å²) in [6.45, 7) is 1.31. The standard InChI is InChI=1S/C19H22N4O3/c24-16(12-20-17(25)13-4-2-1-3-5-13)23-10-8-15(9-11-23)19-22-21-18(26-19)14-6-7-14/h1-5,14-15H,6-12H2,(H,20,25). The Kier molecular flexibility index (Phi) is 4.69. The average Bonchev–Trinajstić information content (AvgIpc) is 3.43. The molecule has 0 bridgehead atoms. The molecular formula is C19H22N4O3. The number of hydrogen-bond acceptors (Lipinski definition) is 5. The predicted octanol–water partition coefficient (Wildman–Crippen LogP) is 2.08. The lowest BCUT2D eigenvalue weighted by molar-refractivity contribution is -0.131. The molecule has 1 aromatic heterocycles. The maximum atomic E-state index is 12.3. The van der Waals surface area contributed by atoms with Gasteiger partial charge in [-0.15, -0.1) is 10.2 Å². The van der Waals surface area contributed by atoms with Gasteiger partial charge in [0.25, 0.3) is 5.91 Å². The number of aromatic nitrogens is 2. The minimum Gasteiger partial charge on any atom is -0.425 e. The SMILES string of the molecule is O=C(NCC(=O)N1CCC(c2nnc(C3CC3)o2)CC1)c1ccccc1. The molecule has 1 aromatic carbocycles. The van der Waals surface area contributed by atoms with E-state index in [9.17, 15) is 9.59 Å². The maximum Gasteiger partial charge on any atom is 0.251 e. The lowest BCUT2D eigenvalue weighted by Gasteiger charge is -2.30. The van der Waals surface area contributed by atoms with Crippen molar-refractivity contribution in [1.82, 2.24) is 20.4 Å². The number of amides is 2. The minimum atomic E-state index is -0.229. The molecule has 26 heavy (non-hydrogen) atoms. The topological polar surface area (TPSA) is 88.3 Å². The fourth-order valence-corrected chi connectivity index (χ4v) is 3.24. The summed E-state index contributed by atoms with van der Waals surface area (Å²) < 4.78 is 5.79. The van der Waals surface area contributed by atoms with Gasteiger partial charge in [0.15, 0.2) is 0 Å². The molecule has 1 aliphatic heterocycles. The molecular weight excluding hydrogens is 332 g/mol. The highest BCUT2D eigenvalue weighted by Crippen LogP contribution is 2.40. The van der Waals surface area contributed by atoms with Gasteiger partial charge in [0, 0.05) is 30.5 Å². The summed E-state index contributed by atoms with van der Waals surface area (Å²) in [4.78, 5) is 26.2. The van der Waals surface area contributed by atoms with Gasteiger partial charge in [0.1, 0.15) is 0 Å². The molecule has 2 aliphatic rings. The summed E-state index contributed by atoms with van der Waals surface area (Å²) in [6.07, 6.45) is 3.90. The van der Waals surface area contributed by atoms with Crippen LogP contribution in [0.4, 0.5) is 0 Å². The van der Waals surface area contributed by atoms with Crippen molar-refractivity contribution in [2.75, 3.05) is 19.6 Å². The molecule has 2 fully saturated rings. The lowest BCUT2D eigenvalue weighted by atomic mass is 9.97. The molecule has 0 atom stereocenters. The predicted molar refractivity (Wildman–Crippen MR) is 93.6 cm³/mol. The quantitative estimate of drug-likeness (QED) is 0.888.